The fraction of sp³-hybridized carbons (Fsp3) is 0.529. The summed E-state index contributed by atoms with van der Waals surface area (Å²) in [6.45, 7) is 2.02. The molecule has 2 N–H and O–H groups in total. The first-order valence-electron chi connectivity index (χ1n) is 8.13. The van der Waals surface area contributed by atoms with Gasteiger partial charge in [-0.1, -0.05) is 0 Å². The van der Waals surface area contributed by atoms with E-state index in [0.717, 1.165) is 24.4 Å². The minimum Gasteiger partial charge on any atom is -0.497 e. The average molecular weight is 334 g/mol. The molecule has 7 heteroatoms. The van der Waals surface area contributed by atoms with Crippen molar-refractivity contribution >= 4 is 17.6 Å². The molecule has 24 heavy (non-hydrogen) atoms. The molecule has 0 saturated carbocycles. The summed E-state index contributed by atoms with van der Waals surface area (Å²) in [4.78, 5) is 27.8. The largest absolute Gasteiger partial charge is 0.497 e. The molecule has 0 aliphatic carbocycles. The number of ether oxygens (including phenoxy) is 1. The van der Waals surface area contributed by atoms with Crippen molar-refractivity contribution in [2.24, 2.45) is 0 Å². The SMILES string of the molecule is COc1ccc(N2CC(NC(=O)NCCCN(C)C)CC2=O)cc1. The van der Waals surface area contributed by atoms with Crippen molar-refractivity contribution in [3.05, 3.63) is 24.3 Å². The van der Waals surface area contributed by atoms with Gasteiger partial charge < -0.3 is 25.2 Å². The van der Waals surface area contributed by atoms with E-state index in [1.54, 1.807) is 12.0 Å². The lowest BCUT2D eigenvalue weighted by atomic mass is 10.2. The summed E-state index contributed by atoms with van der Waals surface area (Å²) in [6.07, 6.45) is 1.21. The van der Waals surface area contributed by atoms with Crippen molar-refractivity contribution in [1.82, 2.24) is 15.5 Å². The van der Waals surface area contributed by atoms with Crippen LogP contribution in [0.15, 0.2) is 24.3 Å². The van der Waals surface area contributed by atoms with Gasteiger partial charge in [-0.15, -0.1) is 0 Å². The quantitative estimate of drug-likeness (QED) is 0.731. The molecule has 1 aliphatic rings. The molecule has 0 bridgehead atoms. The van der Waals surface area contributed by atoms with E-state index in [0.29, 0.717) is 19.5 Å². The highest BCUT2D eigenvalue weighted by atomic mass is 16.5. The number of amides is 3. The summed E-state index contributed by atoms with van der Waals surface area (Å²) in [5.74, 6) is 0.759. The molecule has 1 aromatic rings. The van der Waals surface area contributed by atoms with E-state index in [1.807, 2.05) is 38.4 Å². The molecule has 0 radical (unpaired) electrons. The Kier molecular flexibility index (Phi) is 6.43. The molecular weight excluding hydrogens is 308 g/mol. The highest BCUT2D eigenvalue weighted by Crippen LogP contribution is 2.24. The van der Waals surface area contributed by atoms with E-state index in [1.165, 1.54) is 0 Å². The summed E-state index contributed by atoms with van der Waals surface area (Å²) >= 11 is 0. The molecule has 1 heterocycles. The molecule has 2 rings (SSSR count). The van der Waals surface area contributed by atoms with Crippen molar-refractivity contribution in [2.45, 2.75) is 18.9 Å². The molecule has 0 spiro atoms. The molecule has 1 atom stereocenters. The van der Waals surface area contributed by atoms with Crippen LogP contribution in [-0.4, -0.2) is 63.7 Å². The van der Waals surface area contributed by atoms with Crippen LogP contribution in [0.4, 0.5) is 10.5 Å². The van der Waals surface area contributed by atoms with Gasteiger partial charge in [-0.05, 0) is 51.3 Å². The average Bonchev–Trinajstić information content (AvgIpc) is 2.92. The van der Waals surface area contributed by atoms with Crippen LogP contribution in [0.3, 0.4) is 0 Å². The van der Waals surface area contributed by atoms with Crippen LogP contribution >= 0.6 is 0 Å². The number of hydrogen-bond donors (Lipinski definition) is 2. The minimum absolute atomic E-state index is 0.0121. The van der Waals surface area contributed by atoms with Crippen molar-refractivity contribution in [2.75, 3.05) is 45.7 Å². The molecule has 1 aromatic carbocycles. The molecule has 1 aliphatic heterocycles. The molecule has 1 saturated heterocycles. The van der Waals surface area contributed by atoms with Crippen LogP contribution in [0.5, 0.6) is 5.75 Å². The van der Waals surface area contributed by atoms with Crippen molar-refractivity contribution < 1.29 is 14.3 Å². The molecule has 0 aromatic heterocycles. The van der Waals surface area contributed by atoms with Crippen molar-refractivity contribution in [3.8, 4) is 5.75 Å². The van der Waals surface area contributed by atoms with Gasteiger partial charge in [0, 0.05) is 25.2 Å². The molecule has 132 valence electrons. The van der Waals surface area contributed by atoms with Gasteiger partial charge in [0.05, 0.1) is 13.2 Å². The number of carbonyl (C=O) groups is 2. The van der Waals surface area contributed by atoms with E-state index >= 15 is 0 Å². The maximum atomic E-state index is 12.2. The zero-order valence-corrected chi connectivity index (χ0v) is 14.5. The van der Waals surface area contributed by atoms with Gasteiger partial charge in [0.1, 0.15) is 5.75 Å². The lowest BCUT2D eigenvalue weighted by Gasteiger charge is -2.18. The summed E-state index contributed by atoms with van der Waals surface area (Å²) < 4.78 is 5.12. The first kappa shape index (κ1) is 18.1. The predicted octanol–water partition coefficient (Wildman–Crippen LogP) is 1.05. The van der Waals surface area contributed by atoms with Gasteiger partial charge >= 0.3 is 6.03 Å². The van der Waals surface area contributed by atoms with Gasteiger partial charge in [0.2, 0.25) is 5.91 Å². The smallest absolute Gasteiger partial charge is 0.315 e. The Morgan fingerprint density at radius 1 is 1.33 bits per heavy atom. The second kappa shape index (κ2) is 8.54. The number of carbonyl (C=O) groups excluding carboxylic acids is 2. The first-order chi connectivity index (χ1) is 11.5. The number of methoxy groups -OCH3 is 1. The lowest BCUT2D eigenvalue weighted by molar-refractivity contribution is -0.117. The van der Waals surface area contributed by atoms with Crippen LogP contribution in [0.1, 0.15) is 12.8 Å². The Hall–Kier alpha value is -2.28. The summed E-state index contributed by atoms with van der Waals surface area (Å²) in [6, 6.07) is 6.94. The van der Waals surface area contributed by atoms with Gasteiger partial charge in [-0.25, -0.2) is 4.79 Å². The summed E-state index contributed by atoms with van der Waals surface area (Å²) in [7, 11) is 5.60. The summed E-state index contributed by atoms with van der Waals surface area (Å²) in [5.41, 5.74) is 0.816. The Bertz CT molecular complexity index is 559. The normalized spacial score (nSPS) is 17.2. The lowest BCUT2D eigenvalue weighted by Crippen LogP contribution is -2.43. The number of benzene rings is 1. The zero-order chi connectivity index (χ0) is 17.5. The molecule has 1 fully saturated rings. The second-order valence-electron chi connectivity index (χ2n) is 6.16. The maximum absolute atomic E-state index is 12.2. The fourth-order valence-electron chi connectivity index (χ4n) is 2.65. The Morgan fingerprint density at radius 3 is 2.67 bits per heavy atom. The Labute approximate surface area is 142 Å². The van der Waals surface area contributed by atoms with E-state index in [9.17, 15) is 9.59 Å². The van der Waals surface area contributed by atoms with E-state index in [4.69, 9.17) is 4.74 Å². The Balaban J connectivity index is 1.80. The van der Waals surface area contributed by atoms with Crippen molar-refractivity contribution in [1.29, 1.82) is 0 Å². The molecular formula is C17H26N4O3. The molecule has 1 unspecified atom stereocenters. The third kappa shape index (κ3) is 5.13. The second-order valence-corrected chi connectivity index (χ2v) is 6.16. The number of hydrogen-bond acceptors (Lipinski definition) is 4. The van der Waals surface area contributed by atoms with Crippen LogP contribution in [0.25, 0.3) is 0 Å². The van der Waals surface area contributed by atoms with E-state index in [2.05, 4.69) is 15.5 Å². The van der Waals surface area contributed by atoms with Gasteiger partial charge in [0.25, 0.3) is 0 Å². The zero-order valence-electron chi connectivity index (χ0n) is 14.5. The van der Waals surface area contributed by atoms with Gasteiger partial charge in [-0.2, -0.15) is 0 Å². The summed E-state index contributed by atoms with van der Waals surface area (Å²) in [5, 5.41) is 5.70. The number of anilines is 1. The number of rotatable bonds is 7. The fourth-order valence-corrected chi connectivity index (χ4v) is 2.65. The van der Waals surface area contributed by atoms with Crippen LogP contribution in [0, 0.1) is 0 Å². The topological polar surface area (TPSA) is 73.9 Å². The predicted molar refractivity (Wildman–Crippen MR) is 93.5 cm³/mol. The number of urea groups is 1. The first-order valence-corrected chi connectivity index (χ1v) is 8.13. The van der Waals surface area contributed by atoms with Crippen molar-refractivity contribution in [3.63, 3.8) is 0 Å². The molecule has 3 amide bonds. The minimum atomic E-state index is -0.219. The van der Waals surface area contributed by atoms with Gasteiger partial charge in [-0.3, -0.25) is 4.79 Å². The van der Waals surface area contributed by atoms with Crippen LogP contribution in [0.2, 0.25) is 0 Å². The van der Waals surface area contributed by atoms with E-state index < -0.39 is 0 Å². The highest BCUT2D eigenvalue weighted by molar-refractivity contribution is 5.96. The monoisotopic (exact) mass is 334 g/mol. The Morgan fingerprint density at radius 2 is 2.04 bits per heavy atom. The number of nitrogens with zero attached hydrogens (tertiary/aromatic N) is 2. The third-order valence-corrected chi connectivity index (χ3v) is 3.91. The maximum Gasteiger partial charge on any atom is 0.315 e. The van der Waals surface area contributed by atoms with E-state index in [-0.39, 0.29) is 18.0 Å². The molecule has 7 nitrogen and oxygen atoms in total. The highest BCUT2D eigenvalue weighted by Gasteiger charge is 2.31. The standard InChI is InChI=1S/C17H26N4O3/c1-20(2)10-4-9-18-17(23)19-13-11-16(22)21(12-13)14-5-7-15(24-3)8-6-14/h5-8,13H,4,9-12H2,1-3H3,(H2,18,19,23). The van der Waals surface area contributed by atoms with Gasteiger partial charge in [0.15, 0.2) is 0 Å². The van der Waals surface area contributed by atoms with Crippen LogP contribution < -0.4 is 20.3 Å². The third-order valence-electron chi connectivity index (χ3n) is 3.91. The number of nitrogens with one attached hydrogen (secondary N) is 2. The van der Waals surface area contributed by atoms with Crippen LogP contribution in [-0.2, 0) is 4.79 Å².